The third-order valence-corrected chi connectivity index (χ3v) is 5.38. The molecule has 0 spiro atoms. The lowest BCUT2D eigenvalue weighted by atomic mass is 9.96. The van der Waals surface area contributed by atoms with Crippen molar-refractivity contribution in [2.24, 2.45) is 11.8 Å². The Balaban J connectivity index is 1.62. The molecular formula is C20H31N5O3. The fourth-order valence-electron chi connectivity index (χ4n) is 3.68. The highest BCUT2D eigenvalue weighted by atomic mass is 16.3. The van der Waals surface area contributed by atoms with Gasteiger partial charge in [0.25, 0.3) is 5.91 Å². The third kappa shape index (κ3) is 4.81. The van der Waals surface area contributed by atoms with Gasteiger partial charge in [0.05, 0.1) is 0 Å². The van der Waals surface area contributed by atoms with Crippen molar-refractivity contribution in [1.29, 1.82) is 0 Å². The lowest BCUT2D eigenvalue weighted by molar-refractivity contribution is 0.0773. The van der Waals surface area contributed by atoms with Crippen LogP contribution < -0.4 is 0 Å². The summed E-state index contributed by atoms with van der Waals surface area (Å²) in [4.78, 5) is 19.1. The van der Waals surface area contributed by atoms with Crippen LogP contribution in [0.3, 0.4) is 0 Å². The first kappa shape index (κ1) is 20.6. The Bertz CT molecular complexity index is 784. The maximum absolute atomic E-state index is 12.9. The lowest BCUT2D eigenvalue weighted by Gasteiger charge is -2.25. The van der Waals surface area contributed by atoms with Crippen LogP contribution in [0.4, 0.5) is 0 Å². The van der Waals surface area contributed by atoms with Crippen molar-refractivity contribution in [2.45, 2.75) is 6.92 Å². The van der Waals surface area contributed by atoms with E-state index in [1.807, 2.05) is 19.1 Å². The highest BCUT2D eigenvalue weighted by molar-refractivity contribution is 5.93. The van der Waals surface area contributed by atoms with Crippen LogP contribution in [0.5, 0.6) is 0 Å². The van der Waals surface area contributed by atoms with E-state index in [2.05, 4.69) is 41.1 Å². The molecule has 2 aromatic rings. The second kappa shape index (κ2) is 8.89. The van der Waals surface area contributed by atoms with E-state index in [1.165, 1.54) is 0 Å². The zero-order valence-corrected chi connectivity index (χ0v) is 17.2. The standard InChI is InChI=1S/C20H31N5O3/c1-14-5-6-19(28-14)17-9-18(22-21-17)20(27)25-11-15(16(12-25)13-26)10-24(4)8-7-23(2)3/h5-6,9,15-16,26H,7-8,10-13H2,1-4H3,(H,21,22)/t15-,16-/m1/s1. The first-order valence-electron chi connectivity index (χ1n) is 9.73. The Morgan fingerprint density at radius 2 is 2.04 bits per heavy atom. The lowest BCUT2D eigenvalue weighted by Crippen LogP contribution is -2.35. The van der Waals surface area contributed by atoms with Crippen molar-refractivity contribution in [1.82, 2.24) is 24.9 Å². The minimum atomic E-state index is -0.109. The van der Waals surface area contributed by atoms with Gasteiger partial charge in [-0.15, -0.1) is 0 Å². The van der Waals surface area contributed by atoms with Gasteiger partial charge in [0.15, 0.2) is 11.5 Å². The average molecular weight is 390 g/mol. The van der Waals surface area contributed by atoms with Crippen molar-refractivity contribution >= 4 is 5.91 Å². The normalized spacial score (nSPS) is 19.9. The molecule has 0 bridgehead atoms. The maximum Gasteiger partial charge on any atom is 0.274 e. The van der Waals surface area contributed by atoms with Gasteiger partial charge < -0.3 is 24.2 Å². The molecule has 0 aliphatic carbocycles. The SMILES string of the molecule is Cc1ccc(-c2cc(C(=O)N3C[C@@H](CN(C)CCN(C)C)[C@@H](CO)C3)n[nH]2)o1. The zero-order chi connectivity index (χ0) is 20.3. The number of amides is 1. The third-order valence-electron chi connectivity index (χ3n) is 5.38. The molecular weight excluding hydrogens is 358 g/mol. The molecule has 1 aliphatic rings. The van der Waals surface area contributed by atoms with Crippen molar-refractivity contribution in [3.63, 3.8) is 0 Å². The number of carbonyl (C=O) groups excluding carboxylic acids is 1. The van der Waals surface area contributed by atoms with Crippen molar-refractivity contribution in [2.75, 3.05) is 60.5 Å². The molecule has 28 heavy (non-hydrogen) atoms. The molecule has 2 aromatic heterocycles. The summed E-state index contributed by atoms with van der Waals surface area (Å²) in [5.41, 5.74) is 1.07. The maximum atomic E-state index is 12.9. The molecule has 2 atom stereocenters. The minimum Gasteiger partial charge on any atom is -0.460 e. The molecule has 0 radical (unpaired) electrons. The van der Waals surface area contributed by atoms with E-state index >= 15 is 0 Å². The number of hydrogen-bond acceptors (Lipinski definition) is 6. The molecule has 154 valence electrons. The van der Waals surface area contributed by atoms with Gasteiger partial charge in [-0.25, -0.2) is 0 Å². The van der Waals surface area contributed by atoms with Crippen molar-refractivity contribution in [3.8, 4) is 11.5 Å². The number of aliphatic hydroxyl groups excluding tert-OH is 1. The summed E-state index contributed by atoms with van der Waals surface area (Å²) in [7, 11) is 6.21. The molecule has 0 unspecified atom stereocenters. The Morgan fingerprint density at radius 3 is 2.68 bits per heavy atom. The largest absolute Gasteiger partial charge is 0.460 e. The van der Waals surface area contributed by atoms with Gasteiger partial charge in [-0.2, -0.15) is 5.10 Å². The highest BCUT2D eigenvalue weighted by Crippen LogP contribution is 2.26. The summed E-state index contributed by atoms with van der Waals surface area (Å²) in [5, 5.41) is 16.9. The fourth-order valence-corrected chi connectivity index (χ4v) is 3.68. The molecule has 2 N–H and O–H groups in total. The van der Waals surface area contributed by atoms with E-state index in [9.17, 15) is 9.90 Å². The van der Waals surface area contributed by atoms with Gasteiger partial charge in [-0.05, 0) is 46.1 Å². The van der Waals surface area contributed by atoms with Crippen LogP contribution in [-0.4, -0.2) is 96.4 Å². The van der Waals surface area contributed by atoms with Gasteiger partial charge in [-0.1, -0.05) is 0 Å². The fraction of sp³-hybridized carbons (Fsp3) is 0.600. The molecule has 0 aromatic carbocycles. The Kier molecular flexibility index (Phi) is 6.53. The number of nitrogens with zero attached hydrogens (tertiary/aromatic N) is 4. The Labute approximate surface area is 166 Å². The number of aromatic nitrogens is 2. The van der Waals surface area contributed by atoms with E-state index in [-0.39, 0.29) is 24.3 Å². The molecule has 8 nitrogen and oxygen atoms in total. The number of hydrogen-bond donors (Lipinski definition) is 2. The predicted octanol–water partition coefficient (Wildman–Crippen LogP) is 1.15. The second-order valence-corrected chi connectivity index (χ2v) is 8.06. The summed E-state index contributed by atoms with van der Waals surface area (Å²) in [6.45, 7) is 5.97. The van der Waals surface area contributed by atoms with Gasteiger partial charge >= 0.3 is 0 Å². The molecule has 1 fully saturated rings. The van der Waals surface area contributed by atoms with E-state index in [0.29, 0.717) is 30.2 Å². The number of likely N-dealkylation sites (N-methyl/N-ethyl adjacent to an activating group) is 2. The smallest absolute Gasteiger partial charge is 0.274 e. The number of aliphatic hydroxyl groups is 1. The van der Waals surface area contributed by atoms with Crippen LogP contribution in [0.2, 0.25) is 0 Å². The summed E-state index contributed by atoms with van der Waals surface area (Å²) in [6, 6.07) is 5.46. The molecule has 0 saturated carbocycles. The number of carbonyl (C=O) groups is 1. The number of rotatable bonds is 8. The number of likely N-dealkylation sites (tertiary alicyclic amines) is 1. The average Bonchev–Trinajstić information content (AvgIpc) is 3.38. The molecule has 8 heteroatoms. The van der Waals surface area contributed by atoms with E-state index < -0.39 is 0 Å². The number of furan rings is 1. The molecule has 1 amide bonds. The van der Waals surface area contributed by atoms with Crippen LogP contribution in [0, 0.1) is 18.8 Å². The Morgan fingerprint density at radius 1 is 1.29 bits per heavy atom. The monoisotopic (exact) mass is 389 g/mol. The topological polar surface area (TPSA) is 88.8 Å². The van der Waals surface area contributed by atoms with Gasteiger partial charge in [0, 0.05) is 51.3 Å². The van der Waals surface area contributed by atoms with E-state index in [1.54, 1.807) is 11.0 Å². The minimum absolute atomic E-state index is 0.0907. The van der Waals surface area contributed by atoms with Gasteiger partial charge in [0.2, 0.25) is 0 Å². The summed E-state index contributed by atoms with van der Waals surface area (Å²) in [6.07, 6.45) is 0. The molecule has 1 saturated heterocycles. The second-order valence-electron chi connectivity index (χ2n) is 8.06. The molecule has 3 rings (SSSR count). The van der Waals surface area contributed by atoms with Crippen LogP contribution in [0.25, 0.3) is 11.5 Å². The molecule has 3 heterocycles. The van der Waals surface area contributed by atoms with Crippen molar-refractivity contribution in [3.05, 3.63) is 29.7 Å². The first-order chi connectivity index (χ1) is 13.4. The Hall–Kier alpha value is -2.16. The highest BCUT2D eigenvalue weighted by Gasteiger charge is 2.36. The number of nitrogens with one attached hydrogen (secondary N) is 1. The summed E-state index contributed by atoms with van der Waals surface area (Å²) >= 11 is 0. The zero-order valence-electron chi connectivity index (χ0n) is 17.2. The quantitative estimate of drug-likeness (QED) is 0.704. The molecule has 1 aliphatic heterocycles. The van der Waals surface area contributed by atoms with Crippen molar-refractivity contribution < 1.29 is 14.3 Å². The van der Waals surface area contributed by atoms with Crippen LogP contribution in [0.1, 0.15) is 16.2 Å². The van der Waals surface area contributed by atoms with Crippen LogP contribution in [0.15, 0.2) is 22.6 Å². The van der Waals surface area contributed by atoms with Gasteiger partial charge in [-0.3, -0.25) is 9.89 Å². The van der Waals surface area contributed by atoms with Gasteiger partial charge in [0.1, 0.15) is 11.5 Å². The predicted molar refractivity (Wildman–Crippen MR) is 107 cm³/mol. The summed E-state index contributed by atoms with van der Waals surface area (Å²) in [5.74, 6) is 1.72. The number of aromatic amines is 1. The summed E-state index contributed by atoms with van der Waals surface area (Å²) < 4.78 is 5.58. The van der Waals surface area contributed by atoms with Crippen LogP contribution >= 0.6 is 0 Å². The van der Waals surface area contributed by atoms with E-state index in [4.69, 9.17) is 4.42 Å². The first-order valence-corrected chi connectivity index (χ1v) is 9.73. The van der Waals surface area contributed by atoms with E-state index in [0.717, 1.165) is 25.4 Å². The van der Waals surface area contributed by atoms with Crippen LogP contribution in [-0.2, 0) is 0 Å². The number of aryl methyl sites for hydroxylation is 1. The number of H-pyrrole nitrogens is 1.